The first-order valence-electron chi connectivity index (χ1n) is 16.8. The molecule has 0 saturated carbocycles. The van der Waals surface area contributed by atoms with Crippen LogP contribution in [-0.4, -0.2) is 86.9 Å². The highest BCUT2D eigenvalue weighted by Gasteiger charge is 2.29. The third kappa shape index (κ3) is 16.0. The lowest BCUT2D eigenvalue weighted by molar-refractivity contribution is -0.384. The summed E-state index contributed by atoms with van der Waals surface area (Å²) in [5.41, 5.74) is 7.43. The van der Waals surface area contributed by atoms with Crippen LogP contribution in [0.3, 0.4) is 0 Å². The van der Waals surface area contributed by atoms with Crippen molar-refractivity contribution in [2.45, 2.75) is 70.9 Å². The zero-order valence-corrected chi connectivity index (χ0v) is 29.4. The number of hydrogen-bond acceptors (Lipinski definition) is 9. The second-order valence-electron chi connectivity index (χ2n) is 12.3. The Bertz CT molecular complexity index is 1620. The van der Waals surface area contributed by atoms with Gasteiger partial charge in [0.2, 0.25) is 17.7 Å². The third-order valence-corrected chi connectivity index (χ3v) is 7.83. The van der Waals surface area contributed by atoms with Gasteiger partial charge in [0.25, 0.3) is 17.5 Å². The van der Waals surface area contributed by atoms with Crippen molar-refractivity contribution in [3.63, 3.8) is 0 Å². The molecule has 0 fully saturated rings. The van der Waals surface area contributed by atoms with Crippen molar-refractivity contribution in [3.05, 3.63) is 81.9 Å². The predicted molar refractivity (Wildman–Crippen MR) is 191 cm³/mol. The number of nitro groups is 1. The Morgan fingerprint density at radius 1 is 0.830 bits per heavy atom. The molecule has 286 valence electrons. The van der Waals surface area contributed by atoms with Crippen LogP contribution in [0, 0.1) is 16.0 Å². The van der Waals surface area contributed by atoms with E-state index in [0.29, 0.717) is 37.8 Å². The molecule has 8 N–H and O–H groups in total. The van der Waals surface area contributed by atoms with E-state index in [1.165, 1.54) is 24.3 Å². The number of nitrogens with one attached hydrogen (secondary N) is 4. The Labute approximate surface area is 305 Å². The molecule has 2 aromatic rings. The second-order valence-corrected chi connectivity index (χ2v) is 12.3. The van der Waals surface area contributed by atoms with Crippen molar-refractivity contribution in [1.29, 1.82) is 0 Å². The molecule has 1 heterocycles. The smallest absolute Gasteiger partial charge is 0.450 e. The maximum absolute atomic E-state index is 13.4. The summed E-state index contributed by atoms with van der Waals surface area (Å²) in [6, 6.07) is 10.7. The summed E-state index contributed by atoms with van der Waals surface area (Å²) in [5.74, 6) is -2.37. The number of primary amides is 1. The summed E-state index contributed by atoms with van der Waals surface area (Å²) in [7, 11) is 0. The second kappa shape index (κ2) is 21.8. The van der Waals surface area contributed by atoms with Crippen molar-refractivity contribution >= 4 is 53.1 Å². The van der Waals surface area contributed by atoms with E-state index in [9.17, 15) is 38.9 Å². The molecule has 0 bridgehead atoms. The van der Waals surface area contributed by atoms with Gasteiger partial charge < -0.3 is 37.2 Å². The topological polar surface area (TPSA) is 280 Å². The van der Waals surface area contributed by atoms with Gasteiger partial charge in [-0.05, 0) is 61.3 Å². The molecule has 7 amide bonds. The molecule has 53 heavy (non-hydrogen) atoms. The number of nitro benzene ring substituents is 1. The van der Waals surface area contributed by atoms with Gasteiger partial charge in [0, 0.05) is 49.5 Å². The minimum atomic E-state index is -1.83. The minimum Gasteiger partial charge on any atom is -0.450 e. The van der Waals surface area contributed by atoms with Crippen LogP contribution in [0.15, 0.2) is 60.7 Å². The van der Waals surface area contributed by atoms with Crippen LogP contribution in [0.5, 0.6) is 0 Å². The summed E-state index contributed by atoms with van der Waals surface area (Å²) in [5, 5.41) is 35.6. The Balaban J connectivity index is 0.00000231. The van der Waals surface area contributed by atoms with Gasteiger partial charge in [0.1, 0.15) is 12.1 Å². The lowest BCUT2D eigenvalue weighted by Crippen LogP contribution is -2.54. The minimum absolute atomic E-state index is 0.00813. The number of hydrogen-bond donors (Lipinski definition) is 7. The van der Waals surface area contributed by atoms with Gasteiger partial charge >= 0.3 is 12.2 Å². The number of carbonyl (C=O) groups is 7. The highest BCUT2D eigenvalue weighted by atomic mass is 16.6. The molecule has 0 saturated heterocycles. The van der Waals surface area contributed by atoms with E-state index in [0.717, 1.165) is 16.0 Å². The highest BCUT2D eigenvalue weighted by Crippen LogP contribution is 2.18. The number of rotatable bonds is 19. The van der Waals surface area contributed by atoms with Gasteiger partial charge in [0.05, 0.1) is 4.92 Å². The molecule has 0 aliphatic carbocycles. The zero-order chi connectivity index (χ0) is 39.5. The molecular weight excluding hydrogens is 694 g/mol. The molecule has 1 aliphatic rings. The SMILES string of the molecule is CC(C)[C@H](NC(=O)CCCCCN1C(=O)C=CC1=O)C(=O)N[C@@H](CCCNC(N)=O)C(=O)Nc1ccc(Cc2ccc([N+](=O)[O-])cc2)cc1.O=C(O)O. The van der Waals surface area contributed by atoms with E-state index >= 15 is 0 Å². The van der Waals surface area contributed by atoms with Crippen LogP contribution < -0.4 is 27.0 Å². The molecule has 18 nitrogen and oxygen atoms in total. The Morgan fingerprint density at radius 3 is 1.92 bits per heavy atom. The van der Waals surface area contributed by atoms with Gasteiger partial charge in [-0.3, -0.25) is 39.0 Å². The van der Waals surface area contributed by atoms with Crippen LogP contribution in [-0.2, 0) is 30.4 Å². The monoisotopic (exact) mass is 739 g/mol. The number of urea groups is 1. The molecular formula is C35H45N7O11. The van der Waals surface area contributed by atoms with Crippen molar-refractivity contribution < 1.29 is 48.7 Å². The van der Waals surface area contributed by atoms with Crippen LogP contribution in [0.2, 0.25) is 0 Å². The lowest BCUT2D eigenvalue weighted by Gasteiger charge is -2.25. The fourth-order valence-electron chi connectivity index (χ4n) is 5.12. The zero-order valence-electron chi connectivity index (χ0n) is 29.4. The molecule has 1 aliphatic heterocycles. The van der Waals surface area contributed by atoms with Crippen LogP contribution in [0.4, 0.5) is 21.0 Å². The number of nitrogens with zero attached hydrogens (tertiary/aromatic N) is 2. The first kappa shape index (κ1) is 42.8. The molecule has 0 radical (unpaired) electrons. The van der Waals surface area contributed by atoms with Crippen LogP contribution in [0.1, 0.15) is 63.5 Å². The molecule has 0 spiro atoms. The highest BCUT2D eigenvalue weighted by molar-refractivity contribution is 6.12. The van der Waals surface area contributed by atoms with Gasteiger partial charge in [-0.25, -0.2) is 9.59 Å². The normalized spacial score (nSPS) is 13.0. The third-order valence-electron chi connectivity index (χ3n) is 7.83. The summed E-state index contributed by atoms with van der Waals surface area (Å²) in [4.78, 5) is 94.1. The maximum atomic E-state index is 13.4. The molecule has 2 aromatic carbocycles. The number of unbranched alkanes of at least 4 members (excludes halogenated alkanes) is 2. The summed E-state index contributed by atoms with van der Waals surface area (Å²) >= 11 is 0. The lowest BCUT2D eigenvalue weighted by atomic mass is 10.0. The number of amides is 7. The largest absolute Gasteiger partial charge is 0.503 e. The van der Waals surface area contributed by atoms with Gasteiger partial charge in [-0.1, -0.05) is 44.5 Å². The number of non-ortho nitro benzene ring substituents is 1. The molecule has 0 unspecified atom stereocenters. The summed E-state index contributed by atoms with van der Waals surface area (Å²) < 4.78 is 0. The van der Waals surface area contributed by atoms with Crippen molar-refractivity contribution in [3.8, 4) is 0 Å². The molecule has 2 atom stereocenters. The van der Waals surface area contributed by atoms with Crippen molar-refractivity contribution in [2.24, 2.45) is 11.7 Å². The standard InChI is InChI=1S/C34H43N7O8.CH2O3/c1-22(2)31(39-28(42)8-4-3-5-20-40-29(43)17-18-30(40)44)33(46)38-27(7-6-19-36-34(35)47)32(45)37-25-13-9-23(10-14-25)21-24-11-15-26(16-12-24)41(48)49;2-1(3)4/h9-18,22,27,31H,3-8,19-21H2,1-2H3,(H,37,45)(H,38,46)(H,39,42)(H3,35,36,47);(H2,2,3,4)/t27-,31-;/m0./s1. The maximum Gasteiger partial charge on any atom is 0.503 e. The Kier molecular flexibility index (Phi) is 17.6. The van der Waals surface area contributed by atoms with Gasteiger partial charge in [-0.2, -0.15) is 0 Å². The molecule has 0 aromatic heterocycles. The first-order chi connectivity index (χ1) is 25.1. The van der Waals surface area contributed by atoms with Crippen LogP contribution >= 0.6 is 0 Å². The van der Waals surface area contributed by atoms with Crippen LogP contribution in [0.25, 0.3) is 0 Å². The Morgan fingerprint density at radius 2 is 1.40 bits per heavy atom. The number of anilines is 1. The number of carbonyl (C=O) groups excluding carboxylic acids is 6. The van der Waals surface area contributed by atoms with E-state index in [2.05, 4.69) is 21.3 Å². The molecule has 3 rings (SSSR count). The predicted octanol–water partition coefficient (Wildman–Crippen LogP) is 2.91. The number of benzene rings is 2. The number of nitrogens with two attached hydrogens (primary N) is 1. The fourth-order valence-corrected chi connectivity index (χ4v) is 5.12. The van der Waals surface area contributed by atoms with Crippen molar-refractivity contribution in [2.75, 3.05) is 18.4 Å². The summed E-state index contributed by atoms with van der Waals surface area (Å²) in [6.07, 6.45) is 3.43. The van der Waals surface area contributed by atoms with E-state index in [4.69, 9.17) is 20.7 Å². The fraction of sp³-hybridized carbons (Fsp3) is 0.400. The Hall–Kier alpha value is -6.33. The first-order valence-corrected chi connectivity index (χ1v) is 16.8. The van der Waals surface area contributed by atoms with Crippen molar-refractivity contribution in [1.82, 2.24) is 20.9 Å². The summed E-state index contributed by atoms with van der Waals surface area (Å²) in [6.45, 7) is 4.00. The van der Waals surface area contributed by atoms with E-state index in [1.54, 1.807) is 38.1 Å². The average molecular weight is 740 g/mol. The molecule has 18 heteroatoms. The number of carboxylic acid groups (broad SMARTS) is 2. The van der Waals surface area contributed by atoms with E-state index in [1.807, 2.05) is 12.1 Å². The quantitative estimate of drug-likeness (QED) is 0.0476. The number of imide groups is 1. The van der Waals surface area contributed by atoms with Gasteiger partial charge in [0.15, 0.2) is 0 Å². The van der Waals surface area contributed by atoms with Gasteiger partial charge in [-0.15, -0.1) is 0 Å². The van der Waals surface area contributed by atoms with E-state index < -0.39 is 41.0 Å². The van der Waals surface area contributed by atoms with E-state index in [-0.39, 0.29) is 55.3 Å². The average Bonchev–Trinajstić information content (AvgIpc) is 3.41.